The highest BCUT2D eigenvalue weighted by atomic mass is 35.7. The second-order valence-electron chi connectivity index (χ2n) is 8.73. The lowest BCUT2D eigenvalue weighted by atomic mass is 9.79. The minimum Gasteiger partial charge on any atom is -0.372 e. The van der Waals surface area contributed by atoms with Gasteiger partial charge < -0.3 is 4.90 Å². The summed E-state index contributed by atoms with van der Waals surface area (Å²) < 4.78 is 36.3. The number of hydrogen-bond acceptors (Lipinski definition) is 5. The number of halogens is 1. The zero-order valence-electron chi connectivity index (χ0n) is 20.2. The van der Waals surface area contributed by atoms with E-state index in [1.54, 1.807) is 0 Å². The molecule has 4 rings (SSSR count). The molecule has 180 valence electrons. The van der Waals surface area contributed by atoms with Crippen LogP contribution in [0.1, 0.15) is 38.8 Å². The molecular formula is C27H31ClN2O4. The van der Waals surface area contributed by atoms with Gasteiger partial charge in [0, 0.05) is 36.5 Å². The number of nitrogens with zero attached hydrogens (tertiary/aromatic N) is 2. The Morgan fingerprint density at radius 1 is 0.853 bits per heavy atom. The van der Waals surface area contributed by atoms with E-state index in [-0.39, 0.29) is 5.41 Å². The van der Waals surface area contributed by atoms with Gasteiger partial charge in [-0.15, -0.1) is 10.2 Å². The maximum Gasteiger partial charge on any atom is 0.210 e. The van der Waals surface area contributed by atoms with Crippen LogP contribution in [0.15, 0.2) is 66.7 Å². The normalized spacial score (nSPS) is 14.9. The van der Waals surface area contributed by atoms with E-state index in [1.807, 2.05) is 0 Å². The zero-order chi connectivity index (χ0) is 25.1. The standard InChI is InChI=1S/C27H31N2.ClHO4/c1-6-29(7-2)22-16-12-20(13-17-22)14-19-25-27(3,4)26-23-11-9-8-10-21(23)15-18-24(26)28(25)5;2-1(3,4)5/h8-19H,6-7H2,1-5H3;(H,2,3,4,5)/q+1;/p-1. The Bertz CT molecular complexity index is 1200. The third kappa shape index (κ3) is 5.66. The van der Waals surface area contributed by atoms with Crippen LogP contribution in [0.3, 0.4) is 0 Å². The van der Waals surface area contributed by atoms with Gasteiger partial charge in [0.1, 0.15) is 7.05 Å². The quantitative estimate of drug-likeness (QED) is 0.515. The molecule has 1 aliphatic heterocycles. The third-order valence-electron chi connectivity index (χ3n) is 6.35. The second-order valence-corrected chi connectivity index (χ2v) is 9.48. The maximum absolute atomic E-state index is 8.49. The van der Waals surface area contributed by atoms with Gasteiger partial charge in [-0.2, -0.15) is 4.58 Å². The van der Waals surface area contributed by atoms with E-state index < -0.39 is 10.2 Å². The number of rotatable bonds is 5. The van der Waals surface area contributed by atoms with Gasteiger partial charge in [0.25, 0.3) is 0 Å². The SMILES string of the molecule is CCN(CC)c1ccc(C=CC2=[N+](C)c3ccc4ccccc4c3C2(C)C)cc1.[O-][Cl+3]([O-])([O-])[O-]. The summed E-state index contributed by atoms with van der Waals surface area (Å²) in [5.41, 5.74) is 6.55. The predicted octanol–water partition coefficient (Wildman–Crippen LogP) is 1.65. The number of allylic oxidation sites excluding steroid dienone is 1. The van der Waals surface area contributed by atoms with Gasteiger partial charge in [-0.3, -0.25) is 0 Å². The van der Waals surface area contributed by atoms with Gasteiger partial charge in [0.2, 0.25) is 5.69 Å². The van der Waals surface area contributed by atoms with Gasteiger partial charge in [0.05, 0.1) is 5.41 Å². The third-order valence-corrected chi connectivity index (χ3v) is 6.35. The van der Waals surface area contributed by atoms with Crippen LogP contribution in [-0.2, 0) is 5.41 Å². The van der Waals surface area contributed by atoms with Gasteiger partial charge >= 0.3 is 0 Å². The van der Waals surface area contributed by atoms with Gasteiger partial charge in [-0.25, -0.2) is 18.6 Å². The molecule has 0 fully saturated rings. The van der Waals surface area contributed by atoms with Crippen molar-refractivity contribution < 1.29 is 33.5 Å². The van der Waals surface area contributed by atoms with Crippen LogP contribution in [0.5, 0.6) is 0 Å². The van der Waals surface area contributed by atoms with Crippen LogP contribution in [0, 0.1) is 10.2 Å². The molecule has 0 aliphatic carbocycles. The molecule has 3 aromatic rings. The highest BCUT2D eigenvalue weighted by Gasteiger charge is 2.44. The van der Waals surface area contributed by atoms with Crippen molar-refractivity contribution in [2.45, 2.75) is 33.1 Å². The largest absolute Gasteiger partial charge is 0.372 e. The predicted molar refractivity (Wildman–Crippen MR) is 127 cm³/mol. The number of fused-ring (bicyclic) bond motifs is 3. The fourth-order valence-electron chi connectivity index (χ4n) is 4.75. The molecule has 34 heavy (non-hydrogen) atoms. The first-order valence-electron chi connectivity index (χ1n) is 11.3. The average Bonchev–Trinajstić information content (AvgIpc) is 2.98. The van der Waals surface area contributed by atoms with Crippen molar-refractivity contribution in [2.75, 3.05) is 25.0 Å². The molecule has 0 radical (unpaired) electrons. The van der Waals surface area contributed by atoms with Crippen LogP contribution in [0.25, 0.3) is 16.8 Å². The Hall–Kier alpha value is -2.74. The summed E-state index contributed by atoms with van der Waals surface area (Å²) >= 11 is 0. The highest BCUT2D eigenvalue weighted by Crippen LogP contribution is 2.43. The summed E-state index contributed by atoms with van der Waals surface area (Å²) in [5, 5.41) is 2.67. The molecule has 0 saturated heterocycles. The molecule has 6 nitrogen and oxygen atoms in total. The molecule has 0 unspecified atom stereocenters. The van der Waals surface area contributed by atoms with Crippen molar-refractivity contribution in [1.29, 1.82) is 0 Å². The Labute approximate surface area is 203 Å². The first-order valence-corrected chi connectivity index (χ1v) is 12.5. The molecule has 3 aromatic carbocycles. The topological polar surface area (TPSA) is 98.5 Å². The summed E-state index contributed by atoms with van der Waals surface area (Å²) in [4.78, 5) is 2.37. The smallest absolute Gasteiger partial charge is 0.210 e. The van der Waals surface area contributed by atoms with E-state index in [4.69, 9.17) is 18.6 Å². The Balaban J connectivity index is 0.000000588. The van der Waals surface area contributed by atoms with E-state index in [1.165, 1.54) is 39.0 Å². The summed E-state index contributed by atoms with van der Waals surface area (Å²) in [6.07, 6.45) is 4.54. The summed E-state index contributed by atoms with van der Waals surface area (Å²) in [6, 6.07) is 22.1. The van der Waals surface area contributed by atoms with Gasteiger partial charge in [0.15, 0.2) is 5.71 Å². The summed E-state index contributed by atoms with van der Waals surface area (Å²) in [6.45, 7) is 11.2. The van der Waals surface area contributed by atoms with Crippen molar-refractivity contribution in [3.63, 3.8) is 0 Å². The van der Waals surface area contributed by atoms with Crippen molar-refractivity contribution in [3.8, 4) is 0 Å². The first-order chi connectivity index (χ1) is 16.0. The molecule has 0 atom stereocenters. The van der Waals surface area contributed by atoms with E-state index >= 15 is 0 Å². The Morgan fingerprint density at radius 3 is 2.03 bits per heavy atom. The van der Waals surface area contributed by atoms with Gasteiger partial charge in [-0.05, 0) is 68.3 Å². The molecule has 0 spiro atoms. The Morgan fingerprint density at radius 2 is 1.44 bits per heavy atom. The molecule has 1 heterocycles. The first kappa shape index (κ1) is 25.9. The van der Waals surface area contributed by atoms with E-state index in [0.29, 0.717) is 0 Å². The van der Waals surface area contributed by atoms with Crippen molar-refractivity contribution in [3.05, 3.63) is 77.9 Å². The lowest BCUT2D eigenvalue weighted by Crippen LogP contribution is -2.68. The highest BCUT2D eigenvalue weighted by molar-refractivity contribution is 6.09. The van der Waals surface area contributed by atoms with E-state index in [0.717, 1.165) is 13.1 Å². The van der Waals surface area contributed by atoms with E-state index in [2.05, 4.69) is 117 Å². The monoisotopic (exact) mass is 482 g/mol. The fraction of sp³-hybridized carbons (Fsp3) is 0.296. The molecule has 0 N–H and O–H groups in total. The second kappa shape index (κ2) is 10.3. The van der Waals surface area contributed by atoms with Crippen LogP contribution in [-0.4, -0.2) is 30.4 Å². The average molecular weight is 483 g/mol. The van der Waals surface area contributed by atoms with Crippen molar-refractivity contribution in [1.82, 2.24) is 0 Å². The van der Waals surface area contributed by atoms with Crippen LogP contribution in [0.4, 0.5) is 11.4 Å². The van der Waals surface area contributed by atoms with Crippen LogP contribution < -0.4 is 23.5 Å². The fourth-order valence-corrected chi connectivity index (χ4v) is 4.75. The lowest BCUT2D eigenvalue weighted by molar-refractivity contribution is -2.00. The molecule has 0 saturated carbocycles. The minimum atomic E-state index is -4.94. The molecule has 0 bridgehead atoms. The lowest BCUT2D eigenvalue weighted by Gasteiger charge is -2.20. The molecule has 7 heteroatoms. The number of hydrogen-bond donors (Lipinski definition) is 0. The zero-order valence-corrected chi connectivity index (χ0v) is 21.0. The number of benzene rings is 3. The van der Waals surface area contributed by atoms with Crippen molar-refractivity contribution >= 4 is 33.9 Å². The molecular weight excluding hydrogens is 452 g/mol. The summed E-state index contributed by atoms with van der Waals surface area (Å²) in [7, 11) is -2.76. The molecule has 0 amide bonds. The summed E-state index contributed by atoms with van der Waals surface area (Å²) in [5.74, 6) is 0. The van der Waals surface area contributed by atoms with Crippen molar-refractivity contribution in [2.24, 2.45) is 0 Å². The maximum atomic E-state index is 8.49. The van der Waals surface area contributed by atoms with Gasteiger partial charge in [-0.1, -0.05) is 36.4 Å². The van der Waals surface area contributed by atoms with E-state index in [9.17, 15) is 0 Å². The molecule has 1 aliphatic rings. The van der Waals surface area contributed by atoms with Crippen LogP contribution in [0.2, 0.25) is 0 Å². The minimum absolute atomic E-state index is 0.0391. The number of anilines is 1. The van der Waals surface area contributed by atoms with Crippen LogP contribution >= 0.6 is 0 Å². The Kier molecular flexibility index (Phi) is 7.81. The molecule has 0 aromatic heterocycles.